The van der Waals surface area contributed by atoms with Crippen LogP contribution in [0.25, 0.3) is 0 Å². The number of likely N-dealkylation sites (N-methyl/N-ethyl adjacent to an activating group) is 1. The Bertz CT molecular complexity index is 1270. The Hall–Kier alpha value is -1.71. The van der Waals surface area contributed by atoms with Gasteiger partial charge in [0.1, 0.15) is 13.2 Å². The van der Waals surface area contributed by atoms with Crippen molar-refractivity contribution in [1.29, 1.82) is 0 Å². The van der Waals surface area contributed by atoms with Gasteiger partial charge in [-0.3, -0.25) is 9.59 Å². The first-order valence-corrected chi connectivity index (χ1v) is 35.7. The van der Waals surface area contributed by atoms with Crippen molar-refractivity contribution in [3.05, 3.63) is 0 Å². The number of aliphatic carboxylic acids is 1. The zero-order valence-electron chi connectivity index (χ0n) is 54.5. The molecule has 9 nitrogen and oxygen atoms in total. The molecule has 0 spiro atoms. The van der Waals surface area contributed by atoms with E-state index in [9.17, 15) is 19.5 Å². The third-order valence-electron chi connectivity index (χ3n) is 16.6. The lowest BCUT2D eigenvalue weighted by molar-refractivity contribution is -0.870. The highest BCUT2D eigenvalue weighted by molar-refractivity contribution is 5.70. The fourth-order valence-electron chi connectivity index (χ4n) is 11.1. The summed E-state index contributed by atoms with van der Waals surface area (Å²) in [7, 11) is 5.95. The Morgan fingerprint density at radius 3 is 0.800 bits per heavy atom. The van der Waals surface area contributed by atoms with Gasteiger partial charge in [0.15, 0.2) is 12.4 Å². The van der Waals surface area contributed by atoms with E-state index >= 15 is 0 Å². The molecule has 0 saturated carbocycles. The maximum absolute atomic E-state index is 12.9. The van der Waals surface area contributed by atoms with Crippen LogP contribution in [-0.4, -0.2) is 82.3 Å². The summed E-state index contributed by atoms with van der Waals surface area (Å²) < 4.78 is 22.8. The van der Waals surface area contributed by atoms with Crippen LogP contribution in [-0.2, 0) is 33.3 Å². The van der Waals surface area contributed by atoms with Gasteiger partial charge in [0.25, 0.3) is 0 Å². The highest BCUT2D eigenvalue weighted by atomic mass is 16.7. The summed E-state index contributed by atoms with van der Waals surface area (Å²) in [6.07, 6.45) is 72.0. The lowest BCUT2D eigenvalue weighted by Crippen LogP contribution is -2.44. The van der Waals surface area contributed by atoms with E-state index < -0.39 is 24.3 Å². The number of ether oxygens (including phenoxy) is 4. The maximum Gasteiger partial charge on any atom is 0.306 e. The lowest BCUT2D eigenvalue weighted by Gasteiger charge is -2.26. The van der Waals surface area contributed by atoms with Crippen molar-refractivity contribution in [2.24, 2.45) is 0 Å². The zero-order chi connectivity index (χ0) is 58.3. The fourth-order valence-corrected chi connectivity index (χ4v) is 11.1. The molecule has 0 aliphatic heterocycles. The van der Waals surface area contributed by atoms with Gasteiger partial charge in [-0.2, -0.15) is 0 Å². The highest BCUT2D eigenvalue weighted by Gasteiger charge is 2.22. The first kappa shape index (κ1) is 78.3. The Labute approximate surface area is 498 Å². The Balaban J connectivity index is 4.04. The number of carbonyl (C=O) groups excluding carboxylic acids is 3. The minimum absolute atomic E-state index is 0.154. The van der Waals surface area contributed by atoms with E-state index in [4.69, 9.17) is 18.9 Å². The summed E-state index contributed by atoms with van der Waals surface area (Å²) in [5.41, 5.74) is 0. The first-order chi connectivity index (χ1) is 39.1. The number of nitrogens with zero attached hydrogens (tertiary/aromatic N) is 1. The summed E-state index contributed by atoms with van der Waals surface area (Å²) in [4.78, 5) is 37.5. The molecule has 9 heteroatoms. The van der Waals surface area contributed by atoms with Crippen molar-refractivity contribution < 1.29 is 42.9 Å². The second kappa shape index (κ2) is 63.3. The Kier molecular flexibility index (Phi) is 62.0. The van der Waals surface area contributed by atoms with Gasteiger partial charge < -0.3 is 33.3 Å². The summed E-state index contributed by atoms with van der Waals surface area (Å²) >= 11 is 0. The van der Waals surface area contributed by atoms with E-state index in [0.717, 1.165) is 38.5 Å². The lowest BCUT2D eigenvalue weighted by atomic mass is 10.0. The molecule has 476 valence electrons. The number of hydrogen-bond donors (Lipinski definition) is 0. The van der Waals surface area contributed by atoms with E-state index in [-0.39, 0.29) is 32.2 Å². The monoisotopic (exact) mass is 1130 g/mol. The van der Waals surface area contributed by atoms with E-state index in [0.29, 0.717) is 17.4 Å². The van der Waals surface area contributed by atoms with Crippen molar-refractivity contribution in [3.8, 4) is 0 Å². The van der Waals surface area contributed by atoms with Gasteiger partial charge in [-0.05, 0) is 12.8 Å². The summed E-state index contributed by atoms with van der Waals surface area (Å²) in [5, 5.41) is 11.8. The molecule has 0 aromatic heterocycles. The predicted molar refractivity (Wildman–Crippen MR) is 339 cm³/mol. The Morgan fingerprint density at radius 1 is 0.325 bits per heavy atom. The van der Waals surface area contributed by atoms with Gasteiger partial charge in [-0.25, -0.2) is 0 Å². The van der Waals surface area contributed by atoms with Crippen molar-refractivity contribution in [2.45, 2.75) is 392 Å². The van der Waals surface area contributed by atoms with Gasteiger partial charge in [0, 0.05) is 12.8 Å². The average Bonchev–Trinajstić information content (AvgIpc) is 3.43. The van der Waals surface area contributed by atoms with E-state index in [1.807, 2.05) is 21.1 Å². The Morgan fingerprint density at radius 2 is 0.562 bits per heavy atom. The van der Waals surface area contributed by atoms with Gasteiger partial charge in [-0.15, -0.1) is 0 Å². The summed E-state index contributed by atoms with van der Waals surface area (Å²) in [5.74, 6) is -2.24. The molecule has 0 saturated heterocycles. The minimum Gasteiger partial charge on any atom is -0.545 e. The molecule has 0 aromatic carbocycles. The molecule has 2 atom stereocenters. The topological polar surface area (TPSA) is 111 Å². The van der Waals surface area contributed by atoms with Crippen LogP contribution >= 0.6 is 0 Å². The molecule has 0 N–H and O–H groups in total. The van der Waals surface area contributed by atoms with E-state index in [1.165, 1.54) is 315 Å². The molecule has 0 heterocycles. The number of hydrogen-bond acceptors (Lipinski definition) is 8. The smallest absolute Gasteiger partial charge is 0.306 e. The molecule has 2 unspecified atom stereocenters. The number of carboxylic acid groups (broad SMARTS) is 1. The largest absolute Gasteiger partial charge is 0.545 e. The second-order valence-electron chi connectivity index (χ2n) is 25.9. The van der Waals surface area contributed by atoms with Gasteiger partial charge in [0.2, 0.25) is 0 Å². The molecule has 0 aliphatic rings. The third-order valence-corrected chi connectivity index (χ3v) is 16.6. The number of carboxylic acids is 1. The molecule has 0 fully saturated rings. The third kappa shape index (κ3) is 63.9. The standard InChI is InChI=1S/C71H139NO8/c1-6-8-10-12-14-16-18-20-22-24-26-28-30-32-34-36-38-40-42-44-46-48-50-52-54-56-58-60-62-69(74)80-67(66-79-71(70(75)76)77-64-63-72(3,4)5)65-78-68(73)61-59-57-55-53-51-49-47-45-43-41-39-37-35-33-31-29-27-25-23-21-19-17-15-13-11-9-7-2/h67,71H,6-66H2,1-5H3. The molecule has 0 aliphatic carbocycles. The zero-order valence-corrected chi connectivity index (χ0v) is 54.5. The summed E-state index contributed by atoms with van der Waals surface area (Å²) in [6, 6.07) is 0. The molecule has 0 amide bonds. The number of esters is 2. The van der Waals surface area contributed by atoms with Crippen molar-refractivity contribution in [2.75, 3.05) is 47.5 Å². The van der Waals surface area contributed by atoms with Crippen molar-refractivity contribution >= 4 is 17.9 Å². The van der Waals surface area contributed by atoms with Gasteiger partial charge >= 0.3 is 11.9 Å². The molecule has 0 rings (SSSR count). The SMILES string of the molecule is CCCCCCCCCCCCCCCCCCCCCCCCCCCCCCC(=O)OC(COC(=O)CCCCCCCCCCCCCCCCCCCCCCCCCCCCC)COC(OCC[N+](C)(C)C)C(=O)[O-]. The van der Waals surface area contributed by atoms with Gasteiger partial charge in [-0.1, -0.05) is 354 Å². The van der Waals surface area contributed by atoms with Crippen LogP contribution in [0.1, 0.15) is 380 Å². The molecular weight excluding hydrogens is 995 g/mol. The molecule has 80 heavy (non-hydrogen) atoms. The van der Waals surface area contributed by atoms with E-state index in [2.05, 4.69) is 13.8 Å². The van der Waals surface area contributed by atoms with Crippen LogP contribution in [0, 0.1) is 0 Å². The van der Waals surface area contributed by atoms with E-state index in [1.54, 1.807) is 0 Å². The number of rotatable bonds is 68. The van der Waals surface area contributed by atoms with Crippen LogP contribution in [0.4, 0.5) is 0 Å². The normalized spacial score (nSPS) is 12.6. The molecule has 0 radical (unpaired) electrons. The fraction of sp³-hybridized carbons (Fsp3) is 0.958. The first-order valence-electron chi connectivity index (χ1n) is 35.7. The van der Waals surface area contributed by atoms with Crippen LogP contribution in [0.2, 0.25) is 0 Å². The average molecular weight is 1130 g/mol. The van der Waals surface area contributed by atoms with Crippen LogP contribution in [0.3, 0.4) is 0 Å². The van der Waals surface area contributed by atoms with Crippen LogP contribution in [0.15, 0.2) is 0 Å². The quantitative estimate of drug-likeness (QED) is 0.0256. The maximum atomic E-state index is 12.9. The number of carbonyl (C=O) groups is 3. The van der Waals surface area contributed by atoms with Crippen LogP contribution in [0.5, 0.6) is 0 Å². The predicted octanol–water partition coefficient (Wildman–Crippen LogP) is 20.5. The number of quaternary nitrogens is 1. The van der Waals surface area contributed by atoms with Crippen LogP contribution < -0.4 is 5.11 Å². The minimum atomic E-state index is -1.62. The van der Waals surface area contributed by atoms with Crippen molar-refractivity contribution in [3.63, 3.8) is 0 Å². The molecular formula is C71H139NO8. The second-order valence-corrected chi connectivity index (χ2v) is 25.9. The molecule has 0 bridgehead atoms. The van der Waals surface area contributed by atoms with Gasteiger partial charge in [0.05, 0.1) is 40.3 Å². The highest BCUT2D eigenvalue weighted by Crippen LogP contribution is 2.20. The number of unbranched alkanes of at least 4 members (excludes halogenated alkanes) is 53. The molecule has 0 aromatic rings. The van der Waals surface area contributed by atoms with Crippen molar-refractivity contribution in [1.82, 2.24) is 0 Å². The summed E-state index contributed by atoms with van der Waals surface area (Å²) in [6.45, 7) is 4.85.